The quantitative estimate of drug-likeness (QED) is 0.284. The number of amides is 1. The molecule has 192 valence electrons. The number of carbonyl (C=O) groups excluding carboxylic acids is 2. The number of ether oxygens (including phenoxy) is 3. The van der Waals surface area contributed by atoms with Crippen LogP contribution in [0, 0.1) is 0 Å². The topological polar surface area (TPSA) is 98.4 Å². The van der Waals surface area contributed by atoms with Crippen molar-refractivity contribution in [2.45, 2.75) is 39.2 Å². The molecular formula is C29H29NO7. The Labute approximate surface area is 215 Å². The fourth-order valence-electron chi connectivity index (χ4n) is 4.70. The van der Waals surface area contributed by atoms with Crippen LogP contribution in [0.4, 0.5) is 5.69 Å². The molecule has 1 amide bonds. The first-order valence-electron chi connectivity index (χ1n) is 12.2. The van der Waals surface area contributed by atoms with Crippen LogP contribution in [-0.2, 0) is 15.0 Å². The van der Waals surface area contributed by atoms with Crippen molar-refractivity contribution in [2.75, 3.05) is 24.7 Å². The third-order valence-electron chi connectivity index (χ3n) is 6.42. The number of hydrogen-bond donors (Lipinski definition) is 1. The first kappa shape index (κ1) is 24.5. The third kappa shape index (κ3) is 4.33. The van der Waals surface area contributed by atoms with E-state index < -0.39 is 17.7 Å². The summed E-state index contributed by atoms with van der Waals surface area (Å²) < 4.78 is 22.7. The lowest BCUT2D eigenvalue weighted by molar-refractivity contribution is -0.132. The Bertz CT molecular complexity index is 1380. The average molecular weight is 504 g/mol. The molecule has 1 unspecified atom stereocenters. The zero-order valence-corrected chi connectivity index (χ0v) is 21.2. The molecule has 1 fully saturated rings. The summed E-state index contributed by atoms with van der Waals surface area (Å²) in [6.45, 7) is 9.33. The average Bonchev–Trinajstić information content (AvgIpc) is 3.50. The van der Waals surface area contributed by atoms with Gasteiger partial charge in [0.05, 0.1) is 18.4 Å². The van der Waals surface area contributed by atoms with E-state index >= 15 is 0 Å². The summed E-state index contributed by atoms with van der Waals surface area (Å²) in [5.41, 5.74) is 1.35. The van der Waals surface area contributed by atoms with Crippen LogP contribution in [0.2, 0.25) is 0 Å². The number of carbonyl (C=O) groups is 2. The predicted molar refractivity (Wildman–Crippen MR) is 137 cm³/mol. The summed E-state index contributed by atoms with van der Waals surface area (Å²) in [5, 5.41) is 11.5. The zero-order valence-electron chi connectivity index (χ0n) is 21.2. The molecule has 3 aromatic rings. The molecule has 0 spiro atoms. The van der Waals surface area contributed by atoms with Gasteiger partial charge in [-0.05, 0) is 54.8 Å². The van der Waals surface area contributed by atoms with Gasteiger partial charge in [0.2, 0.25) is 0 Å². The van der Waals surface area contributed by atoms with Crippen LogP contribution in [0.1, 0.15) is 50.6 Å². The number of ketones is 1. The van der Waals surface area contributed by atoms with Crippen molar-refractivity contribution in [3.05, 3.63) is 77.3 Å². The van der Waals surface area contributed by atoms with Crippen LogP contribution in [0.3, 0.4) is 0 Å². The number of hydrogen-bond acceptors (Lipinski definition) is 7. The lowest BCUT2D eigenvalue weighted by Crippen LogP contribution is -2.29. The summed E-state index contributed by atoms with van der Waals surface area (Å²) in [6, 6.07) is 12.7. The number of furan rings is 1. The van der Waals surface area contributed by atoms with Gasteiger partial charge in [-0.1, -0.05) is 20.8 Å². The Hall–Kier alpha value is -4.20. The second-order valence-electron chi connectivity index (χ2n) is 9.91. The van der Waals surface area contributed by atoms with E-state index in [1.54, 1.807) is 48.5 Å². The number of aliphatic hydroxyl groups is 1. The Balaban J connectivity index is 1.66. The highest BCUT2D eigenvalue weighted by Crippen LogP contribution is 2.45. The van der Waals surface area contributed by atoms with E-state index in [1.807, 2.05) is 27.7 Å². The molecule has 2 aliphatic heterocycles. The minimum absolute atomic E-state index is 0.0566. The van der Waals surface area contributed by atoms with Crippen molar-refractivity contribution in [3.63, 3.8) is 0 Å². The number of fused-ring (bicyclic) bond motifs is 1. The Morgan fingerprint density at radius 1 is 1.05 bits per heavy atom. The Morgan fingerprint density at radius 2 is 1.81 bits per heavy atom. The van der Waals surface area contributed by atoms with Gasteiger partial charge in [0.25, 0.3) is 11.7 Å². The molecule has 1 N–H and O–H groups in total. The molecule has 8 heteroatoms. The van der Waals surface area contributed by atoms with Gasteiger partial charge in [-0.2, -0.15) is 0 Å². The van der Waals surface area contributed by atoms with Crippen LogP contribution in [0.25, 0.3) is 5.76 Å². The number of aliphatic hydroxyl groups excluding tert-OH is 1. The van der Waals surface area contributed by atoms with Crippen LogP contribution >= 0.6 is 0 Å². The predicted octanol–water partition coefficient (Wildman–Crippen LogP) is 5.37. The maximum atomic E-state index is 13.4. The van der Waals surface area contributed by atoms with Crippen molar-refractivity contribution in [1.82, 2.24) is 0 Å². The van der Waals surface area contributed by atoms with E-state index in [-0.39, 0.29) is 16.7 Å². The minimum Gasteiger partial charge on any atom is -0.507 e. The molecule has 0 saturated carbocycles. The lowest BCUT2D eigenvalue weighted by atomic mass is 9.84. The highest BCUT2D eigenvalue weighted by molar-refractivity contribution is 6.51. The monoisotopic (exact) mass is 503 g/mol. The Morgan fingerprint density at radius 3 is 2.49 bits per heavy atom. The molecule has 5 rings (SSSR count). The highest BCUT2D eigenvalue weighted by atomic mass is 16.6. The lowest BCUT2D eigenvalue weighted by Gasteiger charge is -2.26. The summed E-state index contributed by atoms with van der Waals surface area (Å²) >= 11 is 0. The van der Waals surface area contributed by atoms with Crippen LogP contribution in [-0.4, -0.2) is 36.6 Å². The second kappa shape index (κ2) is 9.35. The second-order valence-corrected chi connectivity index (χ2v) is 9.91. The molecule has 1 saturated heterocycles. The van der Waals surface area contributed by atoms with Crippen molar-refractivity contribution < 1.29 is 33.3 Å². The molecule has 3 heterocycles. The van der Waals surface area contributed by atoms with E-state index in [0.29, 0.717) is 54.1 Å². The van der Waals surface area contributed by atoms with Gasteiger partial charge in [0, 0.05) is 22.9 Å². The summed E-state index contributed by atoms with van der Waals surface area (Å²) in [5.74, 6) is 0.217. The highest BCUT2D eigenvalue weighted by Gasteiger charge is 2.48. The van der Waals surface area contributed by atoms with Gasteiger partial charge < -0.3 is 23.7 Å². The van der Waals surface area contributed by atoms with Gasteiger partial charge >= 0.3 is 0 Å². The van der Waals surface area contributed by atoms with E-state index in [0.717, 1.165) is 5.56 Å². The molecule has 8 nitrogen and oxygen atoms in total. The number of nitrogens with zero attached hydrogens (tertiary/aromatic N) is 1. The van der Waals surface area contributed by atoms with Crippen molar-refractivity contribution >= 4 is 23.1 Å². The SMILES string of the molecule is CCOc1ccc(/C(O)=C2/C(=O)C(=O)N(c3ccc4c(c3)OCCO4)C2c2ccco2)cc1C(C)(C)C. The third-order valence-corrected chi connectivity index (χ3v) is 6.42. The van der Waals surface area contributed by atoms with E-state index in [4.69, 9.17) is 18.6 Å². The van der Waals surface area contributed by atoms with Gasteiger partial charge in [-0.3, -0.25) is 14.5 Å². The van der Waals surface area contributed by atoms with Crippen LogP contribution in [0.15, 0.2) is 64.8 Å². The number of anilines is 1. The molecule has 0 radical (unpaired) electrons. The molecule has 1 aromatic heterocycles. The van der Waals surface area contributed by atoms with E-state index in [9.17, 15) is 14.7 Å². The number of Topliss-reactive ketones (excluding diaryl/α,β-unsaturated/α-hetero) is 1. The normalized spacial score (nSPS) is 18.8. The van der Waals surface area contributed by atoms with E-state index in [1.165, 1.54) is 11.2 Å². The molecule has 1 atom stereocenters. The standard InChI is InChI=1S/C29H29NO7/c1-5-34-20-10-8-17(15-19(20)29(2,3)4)26(31)24-25(22-7-6-12-35-22)30(28(33)27(24)32)18-9-11-21-23(16-18)37-14-13-36-21/h6-12,15-16,25,31H,5,13-14H2,1-4H3/b26-24-. The first-order valence-corrected chi connectivity index (χ1v) is 12.2. The summed E-state index contributed by atoms with van der Waals surface area (Å²) in [6.07, 6.45) is 1.47. The first-order chi connectivity index (χ1) is 17.7. The van der Waals surface area contributed by atoms with Gasteiger partial charge in [0.1, 0.15) is 36.5 Å². The van der Waals surface area contributed by atoms with Crippen LogP contribution < -0.4 is 19.1 Å². The molecule has 2 aliphatic rings. The number of rotatable bonds is 5. The van der Waals surface area contributed by atoms with Crippen molar-refractivity contribution in [1.29, 1.82) is 0 Å². The minimum atomic E-state index is -0.970. The number of benzene rings is 2. The molecule has 0 bridgehead atoms. The van der Waals surface area contributed by atoms with Gasteiger partial charge in [0.15, 0.2) is 11.5 Å². The fraction of sp³-hybridized carbons (Fsp3) is 0.310. The maximum Gasteiger partial charge on any atom is 0.300 e. The maximum absolute atomic E-state index is 13.4. The van der Waals surface area contributed by atoms with E-state index in [2.05, 4.69) is 0 Å². The van der Waals surface area contributed by atoms with Gasteiger partial charge in [-0.25, -0.2) is 0 Å². The Kier molecular flexibility index (Phi) is 6.19. The molecule has 0 aliphatic carbocycles. The van der Waals surface area contributed by atoms with Crippen molar-refractivity contribution in [3.8, 4) is 17.2 Å². The fourth-order valence-corrected chi connectivity index (χ4v) is 4.70. The molecular weight excluding hydrogens is 474 g/mol. The molecule has 37 heavy (non-hydrogen) atoms. The largest absolute Gasteiger partial charge is 0.507 e. The molecule has 2 aromatic carbocycles. The van der Waals surface area contributed by atoms with Crippen LogP contribution in [0.5, 0.6) is 17.2 Å². The van der Waals surface area contributed by atoms with Crippen molar-refractivity contribution in [2.24, 2.45) is 0 Å². The zero-order chi connectivity index (χ0) is 26.3. The smallest absolute Gasteiger partial charge is 0.300 e. The summed E-state index contributed by atoms with van der Waals surface area (Å²) in [4.78, 5) is 28.1. The summed E-state index contributed by atoms with van der Waals surface area (Å²) in [7, 11) is 0. The van der Waals surface area contributed by atoms with Gasteiger partial charge in [-0.15, -0.1) is 0 Å².